The van der Waals surface area contributed by atoms with Crippen LogP contribution < -0.4 is 10.6 Å². The summed E-state index contributed by atoms with van der Waals surface area (Å²) in [5.74, 6) is 0. The van der Waals surface area contributed by atoms with Gasteiger partial charge in [-0.3, -0.25) is 4.57 Å². The number of hydrogen-bond donors (Lipinski definition) is 2. The molecule has 26 heavy (non-hydrogen) atoms. The number of amides is 2. The van der Waals surface area contributed by atoms with Crippen molar-refractivity contribution in [3.63, 3.8) is 0 Å². The number of nitrogens with one attached hydrogen (secondary N) is 2. The van der Waals surface area contributed by atoms with Crippen LogP contribution >= 0.6 is 0 Å². The minimum absolute atomic E-state index is 0.0577. The smallest absolute Gasteiger partial charge is 0.319 e. The minimum atomic E-state index is -0.244. The Hall–Kier alpha value is -3.16. The Kier molecular flexibility index (Phi) is 5.01. The van der Waals surface area contributed by atoms with Crippen LogP contribution in [0, 0.1) is 5.41 Å². The number of carbonyl (C=O) groups excluding carboxylic acids is 1. The highest BCUT2D eigenvalue weighted by molar-refractivity contribution is 5.89. The minimum Gasteiger partial charge on any atom is -0.335 e. The van der Waals surface area contributed by atoms with Crippen molar-refractivity contribution in [2.45, 2.75) is 33.4 Å². The summed E-state index contributed by atoms with van der Waals surface area (Å²) in [7, 11) is 0. The Morgan fingerprint density at radius 1 is 1.19 bits per heavy atom. The third-order valence-electron chi connectivity index (χ3n) is 4.12. The average molecular weight is 353 g/mol. The molecule has 0 aliphatic heterocycles. The zero-order valence-corrected chi connectivity index (χ0v) is 15.1. The van der Waals surface area contributed by atoms with Crippen LogP contribution in [0.1, 0.15) is 20.8 Å². The summed E-state index contributed by atoms with van der Waals surface area (Å²) >= 11 is 0. The van der Waals surface area contributed by atoms with E-state index in [4.69, 9.17) is 0 Å². The molecule has 0 fully saturated rings. The van der Waals surface area contributed by atoms with Crippen LogP contribution in [-0.4, -0.2) is 36.4 Å². The lowest BCUT2D eigenvalue weighted by Crippen LogP contribution is -2.47. The molecule has 136 valence electrons. The predicted molar refractivity (Wildman–Crippen MR) is 99.0 cm³/mol. The van der Waals surface area contributed by atoms with Crippen LogP contribution in [0.3, 0.4) is 0 Å². The van der Waals surface area contributed by atoms with Crippen LogP contribution in [-0.2, 0) is 6.54 Å². The Balaban J connectivity index is 1.67. The average Bonchev–Trinajstić information content (AvgIpc) is 3.27. The topological polar surface area (TPSA) is 89.7 Å². The SMILES string of the molecule is CC(C)(C)[C@H](Cn1ccnc1)NC(=O)Nc1cccc(-n2cnnc2)c1. The molecule has 0 unspecified atom stereocenters. The number of nitrogens with zero attached hydrogens (tertiary/aromatic N) is 5. The van der Waals surface area contributed by atoms with Crippen molar-refractivity contribution in [2.75, 3.05) is 5.32 Å². The van der Waals surface area contributed by atoms with E-state index >= 15 is 0 Å². The summed E-state index contributed by atoms with van der Waals surface area (Å²) in [5.41, 5.74) is 1.47. The van der Waals surface area contributed by atoms with E-state index in [0.717, 1.165) is 5.69 Å². The van der Waals surface area contributed by atoms with Crippen molar-refractivity contribution < 1.29 is 4.79 Å². The number of benzene rings is 1. The number of carbonyl (C=O) groups is 1. The molecule has 2 N–H and O–H groups in total. The number of hydrogen-bond acceptors (Lipinski definition) is 4. The molecule has 8 heteroatoms. The third-order valence-corrected chi connectivity index (χ3v) is 4.12. The van der Waals surface area contributed by atoms with E-state index in [1.807, 2.05) is 35.0 Å². The fraction of sp³-hybridized carbons (Fsp3) is 0.333. The second-order valence-corrected chi connectivity index (χ2v) is 7.20. The Morgan fingerprint density at radius 2 is 1.96 bits per heavy atom. The van der Waals surface area contributed by atoms with Crippen LogP contribution in [0.25, 0.3) is 5.69 Å². The van der Waals surface area contributed by atoms with E-state index in [9.17, 15) is 4.79 Å². The molecule has 0 bridgehead atoms. The largest absolute Gasteiger partial charge is 0.335 e. The fourth-order valence-electron chi connectivity index (χ4n) is 2.55. The van der Waals surface area contributed by atoms with Gasteiger partial charge < -0.3 is 15.2 Å². The quantitative estimate of drug-likeness (QED) is 0.738. The fourth-order valence-corrected chi connectivity index (χ4v) is 2.55. The number of aromatic nitrogens is 5. The van der Waals surface area contributed by atoms with Gasteiger partial charge in [0.25, 0.3) is 0 Å². The first kappa shape index (κ1) is 17.7. The number of urea groups is 1. The monoisotopic (exact) mass is 353 g/mol. The zero-order chi connectivity index (χ0) is 18.6. The van der Waals surface area contributed by atoms with Crippen LogP contribution in [0.4, 0.5) is 10.5 Å². The molecule has 8 nitrogen and oxygen atoms in total. The molecule has 0 aliphatic carbocycles. The molecule has 0 saturated heterocycles. The van der Waals surface area contributed by atoms with Crippen molar-refractivity contribution in [1.29, 1.82) is 0 Å². The van der Waals surface area contributed by atoms with E-state index in [-0.39, 0.29) is 17.5 Å². The normalized spacial score (nSPS) is 12.6. The van der Waals surface area contributed by atoms with Gasteiger partial charge in [-0.2, -0.15) is 0 Å². The third kappa shape index (κ3) is 4.47. The molecule has 0 spiro atoms. The molecule has 3 rings (SSSR count). The first-order chi connectivity index (χ1) is 12.4. The van der Waals surface area contributed by atoms with Gasteiger partial charge in [0.15, 0.2) is 0 Å². The number of anilines is 1. The highest BCUT2D eigenvalue weighted by atomic mass is 16.2. The van der Waals surface area contributed by atoms with Crippen LogP contribution in [0.2, 0.25) is 0 Å². The summed E-state index contributed by atoms with van der Waals surface area (Å²) < 4.78 is 3.74. The molecule has 0 saturated carbocycles. The van der Waals surface area contributed by atoms with Crippen molar-refractivity contribution in [2.24, 2.45) is 5.41 Å². The highest BCUT2D eigenvalue weighted by Crippen LogP contribution is 2.21. The lowest BCUT2D eigenvalue weighted by atomic mass is 9.86. The summed E-state index contributed by atoms with van der Waals surface area (Å²) in [4.78, 5) is 16.6. The predicted octanol–water partition coefficient (Wildman–Crippen LogP) is 2.70. The van der Waals surface area contributed by atoms with Gasteiger partial charge in [0.1, 0.15) is 12.7 Å². The maximum Gasteiger partial charge on any atom is 0.319 e. The summed E-state index contributed by atoms with van der Waals surface area (Å²) in [5, 5.41) is 13.6. The number of imidazole rings is 1. The van der Waals surface area contributed by atoms with Gasteiger partial charge in [0, 0.05) is 24.6 Å². The van der Waals surface area contributed by atoms with E-state index < -0.39 is 0 Å². The standard InChI is InChI=1S/C18H23N7O/c1-18(2,3)16(10-24-8-7-19-11-24)23-17(26)22-14-5-4-6-15(9-14)25-12-20-21-13-25/h4-9,11-13,16H,10H2,1-3H3,(H2,22,23,26)/t16-/m0/s1. The van der Waals surface area contributed by atoms with Crippen LogP contribution in [0.15, 0.2) is 55.6 Å². The van der Waals surface area contributed by atoms with Crippen molar-refractivity contribution in [3.05, 3.63) is 55.6 Å². The maximum atomic E-state index is 12.5. The summed E-state index contributed by atoms with van der Waals surface area (Å²) in [6.45, 7) is 6.95. The lowest BCUT2D eigenvalue weighted by molar-refractivity contribution is 0.219. The molecule has 3 aromatic rings. The Labute approximate surface area is 152 Å². The Bertz CT molecular complexity index is 835. The summed E-state index contributed by atoms with van der Waals surface area (Å²) in [6, 6.07) is 7.20. The van der Waals surface area contributed by atoms with Gasteiger partial charge in [-0.1, -0.05) is 26.8 Å². The second-order valence-electron chi connectivity index (χ2n) is 7.20. The number of rotatable bonds is 5. The van der Waals surface area contributed by atoms with E-state index in [1.165, 1.54) is 0 Å². The van der Waals surface area contributed by atoms with Gasteiger partial charge in [0.2, 0.25) is 0 Å². The van der Waals surface area contributed by atoms with Crippen molar-refractivity contribution in [1.82, 2.24) is 29.6 Å². The lowest BCUT2D eigenvalue weighted by Gasteiger charge is -2.31. The molecular formula is C18H23N7O. The highest BCUT2D eigenvalue weighted by Gasteiger charge is 2.26. The Morgan fingerprint density at radius 3 is 2.62 bits per heavy atom. The van der Waals surface area contributed by atoms with Gasteiger partial charge in [-0.25, -0.2) is 9.78 Å². The molecule has 0 aliphatic rings. The molecule has 2 amide bonds. The first-order valence-electron chi connectivity index (χ1n) is 8.40. The molecule has 2 aromatic heterocycles. The molecule has 1 aromatic carbocycles. The molecule has 0 radical (unpaired) electrons. The van der Waals surface area contributed by atoms with E-state index in [0.29, 0.717) is 12.2 Å². The van der Waals surface area contributed by atoms with Crippen LogP contribution in [0.5, 0.6) is 0 Å². The van der Waals surface area contributed by atoms with E-state index in [2.05, 4.69) is 46.6 Å². The maximum absolute atomic E-state index is 12.5. The van der Waals surface area contributed by atoms with Gasteiger partial charge in [-0.05, 0) is 23.6 Å². The van der Waals surface area contributed by atoms with Gasteiger partial charge >= 0.3 is 6.03 Å². The van der Waals surface area contributed by atoms with Crippen molar-refractivity contribution >= 4 is 11.7 Å². The molecule has 2 heterocycles. The van der Waals surface area contributed by atoms with Crippen molar-refractivity contribution in [3.8, 4) is 5.69 Å². The second kappa shape index (κ2) is 7.38. The molecular weight excluding hydrogens is 330 g/mol. The van der Waals surface area contributed by atoms with Gasteiger partial charge in [-0.15, -0.1) is 10.2 Å². The first-order valence-corrected chi connectivity index (χ1v) is 8.40. The van der Waals surface area contributed by atoms with Gasteiger partial charge in [0.05, 0.1) is 18.1 Å². The molecule has 1 atom stereocenters. The summed E-state index contributed by atoms with van der Waals surface area (Å²) in [6.07, 6.45) is 8.60. The van der Waals surface area contributed by atoms with E-state index in [1.54, 1.807) is 29.7 Å². The zero-order valence-electron chi connectivity index (χ0n) is 15.1.